The van der Waals surface area contributed by atoms with Gasteiger partial charge in [0.1, 0.15) is 6.10 Å². The van der Waals surface area contributed by atoms with Crippen LogP contribution in [0.25, 0.3) is 0 Å². The minimum absolute atomic E-state index is 0.0726. The van der Waals surface area contributed by atoms with Crippen LogP contribution >= 0.6 is 0 Å². The van der Waals surface area contributed by atoms with E-state index in [1.165, 1.54) is 135 Å². The Kier molecular flexibility index (Phi) is 39.7. The molecule has 0 radical (unpaired) electrons. The van der Waals surface area contributed by atoms with Crippen LogP contribution in [-0.2, 0) is 14.3 Å². The molecule has 308 valence electrons. The van der Waals surface area contributed by atoms with Gasteiger partial charge in [0.25, 0.3) is 0 Å². The van der Waals surface area contributed by atoms with Crippen molar-refractivity contribution in [2.75, 3.05) is 6.61 Å². The average molecular weight is 736 g/mol. The number of ether oxygens (including phenoxy) is 1. The molecule has 0 rings (SSSR count). The van der Waals surface area contributed by atoms with Gasteiger partial charge in [-0.2, -0.15) is 0 Å². The Labute approximate surface area is 323 Å². The molecule has 0 heterocycles. The maximum Gasteiger partial charge on any atom is 0.306 e. The number of esters is 1. The number of hydrogen-bond donors (Lipinski definition) is 3. The van der Waals surface area contributed by atoms with E-state index in [2.05, 4.69) is 38.2 Å². The molecule has 0 spiro atoms. The number of unbranched alkanes of at least 4 members (excludes halogenated alkanes) is 27. The van der Waals surface area contributed by atoms with E-state index in [1.807, 2.05) is 0 Å². The van der Waals surface area contributed by atoms with E-state index in [0.29, 0.717) is 19.3 Å². The lowest BCUT2D eigenvalue weighted by molar-refractivity contribution is -0.151. The zero-order valence-corrected chi connectivity index (χ0v) is 35.0. The topological polar surface area (TPSA) is 95.9 Å². The molecule has 0 aromatic heterocycles. The van der Waals surface area contributed by atoms with Gasteiger partial charge < -0.3 is 20.3 Å². The molecule has 0 aliphatic heterocycles. The molecule has 0 aromatic rings. The Hall–Kier alpha value is -1.40. The fourth-order valence-electron chi connectivity index (χ4n) is 7.07. The first-order valence-electron chi connectivity index (χ1n) is 22.9. The second-order valence-electron chi connectivity index (χ2n) is 15.8. The number of aliphatic hydroxyl groups excluding tert-OH is 2. The van der Waals surface area contributed by atoms with Gasteiger partial charge in [-0.25, -0.2) is 0 Å². The second kappa shape index (κ2) is 40.8. The highest BCUT2D eigenvalue weighted by Gasteiger charge is 2.24. The normalized spacial score (nSPS) is 13.4. The summed E-state index contributed by atoms with van der Waals surface area (Å²) in [6.07, 6.45) is 42.7. The first-order chi connectivity index (χ1) is 25.5. The number of hydrogen-bond acceptors (Lipinski definition) is 5. The Morgan fingerprint density at radius 2 is 0.923 bits per heavy atom. The molecule has 6 heteroatoms. The van der Waals surface area contributed by atoms with E-state index in [-0.39, 0.29) is 24.9 Å². The fraction of sp³-hybridized carbons (Fsp3) is 0.913. The maximum absolute atomic E-state index is 13.1. The van der Waals surface area contributed by atoms with Crippen molar-refractivity contribution in [1.29, 1.82) is 0 Å². The lowest BCUT2D eigenvalue weighted by Gasteiger charge is -2.24. The molecular weight excluding hydrogens is 647 g/mol. The van der Waals surface area contributed by atoms with Gasteiger partial charge in [-0.3, -0.25) is 9.59 Å². The zero-order chi connectivity index (χ0) is 38.2. The van der Waals surface area contributed by atoms with Crippen molar-refractivity contribution >= 4 is 11.9 Å². The number of rotatable bonds is 41. The van der Waals surface area contributed by atoms with E-state index in [1.54, 1.807) is 0 Å². The van der Waals surface area contributed by atoms with Crippen LogP contribution in [0, 0.1) is 0 Å². The van der Waals surface area contributed by atoms with Crippen LogP contribution in [0.4, 0.5) is 0 Å². The number of aliphatic hydroxyl groups is 2. The molecule has 0 fully saturated rings. The van der Waals surface area contributed by atoms with E-state index in [9.17, 15) is 19.8 Å². The molecule has 0 aliphatic carbocycles. The molecule has 0 aromatic carbocycles. The lowest BCUT2D eigenvalue weighted by atomic mass is 10.0. The van der Waals surface area contributed by atoms with E-state index in [4.69, 9.17) is 4.74 Å². The van der Waals surface area contributed by atoms with Crippen LogP contribution in [0.15, 0.2) is 12.2 Å². The Bertz CT molecular complexity index is 787. The van der Waals surface area contributed by atoms with E-state index >= 15 is 0 Å². The molecule has 3 N–H and O–H groups in total. The number of allylic oxidation sites excluding steroid dienone is 2. The third-order valence-electron chi connectivity index (χ3n) is 10.6. The molecular formula is C46H89NO5. The number of amides is 1. The largest absolute Gasteiger partial charge is 0.462 e. The molecule has 52 heavy (non-hydrogen) atoms. The van der Waals surface area contributed by atoms with E-state index < -0.39 is 18.2 Å². The summed E-state index contributed by atoms with van der Waals surface area (Å²) in [5.74, 6) is -0.481. The summed E-state index contributed by atoms with van der Waals surface area (Å²) >= 11 is 0. The fourth-order valence-corrected chi connectivity index (χ4v) is 7.07. The van der Waals surface area contributed by atoms with Gasteiger partial charge in [0, 0.05) is 6.42 Å². The van der Waals surface area contributed by atoms with Crippen molar-refractivity contribution in [3.63, 3.8) is 0 Å². The third kappa shape index (κ3) is 35.6. The quantitative estimate of drug-likeness (QED) is 0.0330. The molecule has 3 atom stereocenters. The Morgan fingerprint density at radius 3 is 1.40 bits per heavy atom. The van der Waals surface area contributed by atoms with Crippen molar-refractivity contribution in [3.8, 4) is 0 Å². The van der Waals surface area contributed by atoms with Gasteiger partial charge in [0.05, 0.1) is 25.2 Å². The summed E-state index contributed by atoms with van der Waals surface area (Å²) in [7, 11) is 0. The first kappa shape index (κ1) is 50.6. The lowest BCUT2D eigenvalue weighted by Crippen LogP contribution is -2.46. The molecule has 1 amide bonds. The van der Waals surface area contributed by atoms with E-state index in [0.717, 1.165) is 64.2 Å². The molecule has 0 saturated carbocycles. The summed E-state index contributed by atoms with van der Waals surface area (Å²) in [4.78, 5) is 25.9. The summed E-state index contributed by atoms with van der Waals surface area (Å²) in [5, 5.41) is 23.6. The van der Waals surface area contributed by atoms with Gasteiger partial charge in [-0.1, -0.05) is 193 Å². The highest BCUT2D eigenvalue weighted by Crippen LogP contribution is 2.17. The number of carbonyl (C=O) groups excluding carboxylic acids is 2. The van der Waals surface area contributed by atoms with Gasteiger partial charge in [0.2, 0.25) is 5.91 Å². The summed E-state index contributed by atoms with van der Waals surface area (Å²) in [5.41, 5.74) is 0. The first-order valence-corrected chi connectivity index (χ1v) is 22.9. The second-order valence-corrected chi connectivity index (χ2v) is 15.8. The van der Waals surface area contributed by atoms with Crippen LogP contribution in [0.5, 0.6) is 0 Å². The van der Waals surface area contributed by atoms with Crippen molar-refractivity contribution in [2.45, 2.75) is 264 Å². The molecule has 0 aliphatic rings. The van der Waals surface area contributed by atoms with Crippen LogP contribution in [-0.4, -0.2) is 46.9 Å². The van der Waals surface area contributed by atoms with Crippen molar-refractivity contribution in [2.24, 2.45) is 0 Å². The molecule has 6 nitrogen and oxygen atoms in total. The summed E-state index contributed by atoms with van der Waals surface area (Å²) < 4.78 is 5.88. The standard InChI is InChI=1S/C46H89NO5/c1-4-7-10-13-16-19-22-24-27-30-33-36-39-46(51)52-42(37-34-31-28-25-21-18-15-12-9-6-3)40-45(50)47-43(41-48)44(49)38-35-32-29-26-23-20-17-14-11-8-5-2/h18,21,42-44,48-49H,4-17,19-20,22-41H2,1-3H3,(H,47,50)/b21-18-. The molecule has 0 saturated heterocycles. The predicted molar refractivity (Wildman–Crippen MR) is 223 cm³/mol. The zero-order valence-electron chi connectivity index (χ0n) is 35.0. The Balaban J connectivity index is 4.55. The maximum atomic E-state index is 13.1. The molecule has 3 unspecified atom stereocenters. The minimum atomic E-state index is -0.783. The van der Waals surface area contributed by atoms with Gasteiger partial charge in [-0.05, 0) is 51.4 Å². The van der Waals surface area contributed by atoms with Crippen molar-refractivity contribution < 1.29 is 24.5 Å². The predicted octanol–water partition coefficient (Wildman–Crippen LogP) is 13.0. The van der Waals surface area contributed by atoms with Crippen LogP contribution in [0.1, 0.15) is 245 Å². The Morgan fingerprint density at radius 1 is 0.538 bits per heavy atom. The average Bonchev–Trinajstić information content (AvgIpc) is 3.13. The number of nitrogens with one attached hydrogen (secondary N) is 1. The van der Waals surface area contributed by atoms with Gasteiger partial charge in [0.15, 0.2) is 0 Å². The van der Waals surface area contributed by atoms with Crippen molar-refractivity contribution in [1.82, 2.24) is 5.32 Å². The summed E-state index contributed by atoms with van der Waals surface area (Å²) in [6.45, 7) is 6.44. The third-order valence-corrected chi connectivity index (χ3v) is 10.6. The van der Waals surface area contributed by atoms with Crippen LogP contribution < -0.4 is 5.32 Å². The monoisotopic (exact) mass is 736 g/mol. The smallest absolute Gasteiger partial charge is 0.306 e. The van der Waals surface area contributed by atoms with Gasteiger partial charge >= 0.3 is 5.97 Å². The van der Waals surface area contributed by atoms with Crippen LogP contribution in [0.3, 0.4) is 0 Å². The number of carbonyl (C=O) groups is 2. The highest BCUT2D eigenvalue weighted by atomic mass is 16.5. The summed E-state index contributed by atoms with van der Waals surface area (Å²) in [6, 6.07) is -0.697. The van der Waals surface area contributed by atoms with Gasteiger partial charge in [-0.15, -0.1) is 0 Å². The highest BCUT2D eigenvalue weighted by molar-refractivity contribution is 5.77. The molecule has 0 bridgehead atoms. The SMILES string of the molecule is CCCCC/C=C\CCCCCC(CC(=O)NC(CO)C(O)CCCCCCCCCCCCC)OC(=O)CCCCCCCCCCCCCC. The van der Waals surface area contributed by atoms with Crippen LogP contribution in [0.2, 0.25) is 0 Å². The minimum Gasteiger partial charge on any atom is -0.462 e. The van der Waals surface area contributed by atoms with Crippen molar-refractivity contribution in [3.05, 3.63) is 12.2 Å².